The molecule has 1 N–H and O–H groups in total. The minimum atomic E-state index is 0.998. The molecule has 0 fully saturated rings. The second kappa shape index (κ2) is 3.11. The second-order valence-electron chi connectivity index (χ2n) is 3.13. The summed E-state index contributed by atoms with van der Waals surface area (Å²) >= 11 is 0. The van der Waals surface area contributed by atoms with Crippen molar-refractivity contribution in [3.05, 3.63) is 35.9 Å². The molecule has 3 heteroatoms. The zero-order valence-electron chi connectivity index (χ0n) is 7.78. The van der Waals surface area contributed by atoms with Crippen molar-refractivity contribution in [3.63, 3.8) is 0 Å². The third kappa shape index (κ3) is 1.38. The molecule has 13 heavy (non-hydrogen) atoms. The first-order chi connectivity index (χ1) is 6.29. The smallest absolute Gasteiger partial charge is 0.241 e. The molecule has 0 spiro atoms. The number of amidine groups is 2. The number of hydrogen-bond acceptors (Lipinski definition) is 2. The molecule has 1 aromatic rings. The van der Waals surface area contributed by atoms with Gasteiger partial charge in [0.05, 0.1) is 12.6 Å². The van der Waals surface area contributed by atoms with Crippen LogP contribution in [0.4, 0.5) is 0 Å². The van der Waals surface area contributed by atoms with Gasteiger partial charge in [-0.1, -0.05) is 28.4 Å². The highest BCUT2D eigenvalue weighted by atomic mass is 15.4. The molecule has 1 atom stereocenters. The minimum absolute atomic E-state index is 0.998. The molecule has 1 heterocycles. The summed E-state index contributed by atoms with van der Waals surface area (Å²) < 4.78 is 0. The van der Waals surface area contributed by atoms with Crippen LogP contribution in [0, 0.1) is 0 Å². The number of hydrogen-bond donors (Lipinski definition) is 1. The second-order valence-corrected chi connectivity index (χ2v) is 3.13. The topological polar surface area (TPSA) is 29.2 Å². The number of rotatable bonds is 1. The molecule has 0 saturated heterocycles. The average molecular weight is 174 g/mol. The fraction of sp³-hybridized carbons (Fsp3) is 0.200. The first kappa shape index (κ1) is 8.13. The fourth-order valence-electron chi connectivity index (χ4n) is 1.32. The quantitative estimate of drug-likeness (QED) is 0.634. The maximum Gasteiger partial charge on any atom is 0.258 e. The molecule has 0 aliphatic carbocycles. The van der Waals surface area contributed by atoms with Gasteiger partial charge in [-0.15, -0.1) is 0 Å². The van der Waals surface area contributed by atoms with Gasteiger partial charge in [0.2, 0.25) is 5.84 Å². The number of quaternary nitrogens is 1. The summed E-state index contributed by atoms with van der Waals surface area (Å²) in [6, 6.07) is 10.1. The van der Waals surface area contributed by atoms with Crippen LogP contribution < -0.4 is 4.90 Å². The number of benzene rings is 1. The number of nitrogens with zero attached hydrogens (tertiary/aromatic N) is 2. The Labute approximate surface area is 77.4 Å². The summed E-state index contributed by atoms with van der Waals surface area (Å²) in [6.07, 6.45) is 0. The molecular weight excluding hydrogens is 162 g/mol. The van der Waals surface area contributed by atoms with E-state index in [-0.39, 0.29) is 0 Å². The fourth-order valence-corrected chi connectivity index (χ4v) is 1.32. The first-order valence-corrected chi connectivity index (χ1v) is 4.31. The highest BCUT2D eigenvalue weighted by Crippen LogP contribution is 1.99. The Hall–Kier alpha value is -1.48. The summed E-state index contributed by atoms with van der Waals surface area (Å²) in [5.74, 6) is 2.01. The Bertz CT molecular complexity index is 365. The van der Waals surface area contributed by atoms with Crippen LogP contribution in [0.15, 0.2) is 40.5 Å². The van der Waals surface area contributed by atoms with Gasteiger partial charge in [0, 0.05) is 6.92 Å². The van der Waals surface area contributed by atoms with Crippen molar-refractivity contribution in [1.29, 1.82) is 0 Å². The Morgan fingerprint density at radius 2 is 1.77 bits per heavy atom. The third-order valence-corrected chi connectivity index (χ3v) is 2.25. The largest absolute Gasteiger partial charge is 0.258 e. The Morgan fingerprint density at radius 1 is 1.08 bits per heavy atom. The molecule has 0 radical (unpaired) electrons. The van der Waals surface area contributed by atoms with Crippen LogP contribution in [0.2, 0.25) is 0 Å². The normalized spacial score (nSPS) is 21.2. The van der Waals surface area contributed by atoms with Gasteiger partial charge in [0.1, 0.15) is 0 Å². The highest BCUT2D eigenvalue weighted by Gasteiger charge is 2.22. The van der Waals surface area contributed by atoms with Gasteiger partial charge < -0.3 is 0 Å². The van der Waals surface area contributed by atoms with Crippen molar-refractivity contribution in [3.8, 4) is 0 Å². The lowest BCUT2D eigenvalue weighted by atomic mass is 10.2. The molecule has 2 rings (SSSR count). The molecule has 0 aromatic heterocycles. The molecule has 66 valence electrons. The van der Waals surface area contributed by atoms with Crippen LogP contribution >= 0.6 is 0 Å². The van der Waals surface area contributed by atoms with E-state index in [2.05, 4.69) is 29.4 Å². The maximum absolute atomic E-state index is 4.14. The molecule has 0 bridgehead atoms. The van der Waals surface area contributed by atoms with Crippen molar-refractivity contribution < 1.29 is 4.90 Å². The lowest BCUT2D eigenvalue weighted by Crippen LogP contribution is -3.12. The van der Waals surface area contributed by atoms with Gasteiger partial charge in [0.25, 0.3) is 5.84 Å². The van der Waals surface area contributed by atoms with E-state index in [0.717, 1.165) is 17.2 Å². The van der Waals surface area contributed by atoms with Gasteiger partial charge in [-0.05, 0) is 12.1 Å². The zero-order valence-corrected chi connectivity index (χ0v) is 7.78. The third-order valence-electron chi connectivity index (χ3n) is 2.25. The van der Waals surface area contributed by atoms with Gasteiger partial charge in [0.15, 0.2) is 0 Å². The molecule has 1 aromatic carbocycles. The summed E-state index contributed by atoms with van der Waals surface area (Å²) in [5.41, 5.74) is 1.14. The van der Waals surface area contributed by atoms with Crippen molar-refractivity contribution in [2.75, 3.05) is 7.05 Å². The summed E-state index contributed by atoms with van der Waals surface area (Å²) in [6.45, 7) is 1.98. The average Bonchev–Trinajstić information content (AvgIpc) is 2.49. The van der Waals surface area contributed by atoms with E-state index in [1.54, 1.807) is 0 Å². The van der Waals surface area contributed by atoms with Gasteiger partial charge >= 0.3 is 0 Å². The van der Waals surface area contributed by atoms with Crippen molar-refractivity contribution in [1.82, 2.24) is 0 Å². The van der Waals surface area contributed by atoms with Crippen molar-refractivity contribution in [2.24, 2.45) is 10.2 Å². The SMILES string of the molecule is CC1=NN=C(c2ccccc2)[NH+]1C. The van der Waals surface area contributed by atoms with Crippen LogP contribution in [-0.4, -0.2) is 18.7 Å². The predicted octanol–water partition coefficient (Wildman–Crippen LogP) is 0.295. The lowest BCUT2D eigenvalue weighted by molar-refractivity contribution is -0.671. The van der Waals surface area contributed by atoms with E-state index in [1.165, 1.54) is 4.90 Å². The van der Waals surface area contributed by atoms with Crippen LogP contribution in [0.3, 0.4) is 0 Å². The zero-order chi connectivity index (χ0) is 9.26. The van der Waals surface area contributed by atoms with E-state index in [9.17, 15) is 0 Å². The summed E-state index contributed by atoms with van der Waals surface area (Å²) in [5, 5.41) is 8.18. The number of nitrogens with one attached hydrogen (secondary N) is 1. The Morgan fingerprint density at radius 3 is 2.31 bits per heavy atom. The Balaban J connectivity index is 2.32. The van der Waals surface area contributed by atoms with E-state index in [0.29, 0.717) is 0 Å². The van der Waals surface area contributed by atoms with Crippen molar-refractivity contribution >= 4 is 11.7 Å². The van der Waals surface area contributed by atoms with Crippen molar-refractivity contribution in [2.45, 2.75) is 6.92 Å². The van der Waals surface area contributed by atoms with Gasteiger partial charge in [-0.25, -0.2) is 4.90 Å². The highest BCUT2D eigenvalue weighted by molar-refractivity contribution is 5.99. The van der Waals surface area contributed by atoms with E-state index < -0.39 is 0 Å². The standard InChI is InChI=1S/C10H11N3/c1-8-11-12-10(13(8)2)9-6-4-3-5-7-9/h3-7H,1-2H3/p+1. The Kier molecular flexibility index (Phi) is 1.94. The molecule has 3 nitrogen and oxygen atoms in total. The minimum Gasteiger partial charge on any atom is -0.241 e. The monoisotopic (exact) mass is 174 g/mol. The van der Waals surface area contributed by atoms with Crippen LogP contribution in [-0.2, 0) is 0 Å². The molecule has 1 unspecified atom stereocenters. The predicted molar refractivity (Wildman–Crippen MR) is 53.0 cm³/mol. The van der Waals surface area contributed by atoms with Crippen LogP contribution in [0.1, 0.15) is 12.5 Å². The summed E-state index contributed by atoms with van der Waals surface area (Å²) in [4.78, 5) is 1.17. The molecule has 1 aliphatic rings. The lowest BCUT2D eigenvalue weighted by Gasteiger charge is -2.06. The van der Waals surface area contributed by atoms with E-state index in [4.69, 9.17) is 0 Å². The maximum atomic E-state index is 4.14. The van der Waals surface area contributed by atoms with E-state index >= 15 is 0 Å². The molecule has 0 saturated carbocycles. The first-order valence-electron chi connectivity index (χ1n) is 4.31. The van der Waals surface area contributed by atoms with Gasteiger partial charge in [-0.3, -0.25) is 0 Å². The molecule has 1 aliphatic heterocycles. The summed E-state index contributed by atoms with van der Waals surface area (Å²) in [7, 11) is 2.05. The van der Waals surface area contributed by atoms with Crippen LogP contribution in [0.25, 0.3) is 0 Å². The van der Waals surface area contributed by atoms with Crippen LogP contribution in [0.5, 0.6) is 0 Å². The molecular formula is C10H12N3+. The van der Waals surface area contributed by atoms with Gasteiger partial charge in [-0.2, -0.15) is 0 Å². The molecule has 0 amide bonds. The van der Waals surface area contributed by atoms with E-state index in [1.807, 2.05) is 25.1 Å².